The molecule has 1 aliphatic rings. The van der Waals surface area contributed by atoms with Crippen LogP contribution in [0.25, 0.3) is 0 Å². The van der Waals surface area contributed by atoms with E-state index in [9.17, 15) is 4.79 Å². The molecule has 0 aromatic carbocycles. The lowest BCUT2D eigenvalue weighted by atomic mass is 10.3. The Morgan fingerprint density at radius 1 is 1.31 bits per heavy atom. The standard InChI is InChI=1S/C10H7O2S/c11-10(9-6-3-7-13-9)12-8-4-1-2-5-8/h1-7H. The Morgan fingerprint density at radius 2 is 2.08 bits per heavy atom. The van der Waals surface area contributed by atoms with Crippen molar-refractivity contribution in [3.8, 4) is 0 Å². The third-order valence-corrected chi connectivity index (χ3v) is 2.41. The van der Waals surface area contributed by atoms with Crippen LogP contribution in [0.3, 0.4) is 0 Å². The first-order chi connectivity index (χ1) is 6.36. The molecule has 1 aromatic heterocycles. The zero-order valence-electron chi connectivity index (χ0n) is 6.77. The monoisotopic (exact) mass is 191 g/mol. The second-order valence-electron chi connectivity index (χ2n) is 2.49. The van der Waals surface area contributed by atoms with Gasteiger partial charge in [-0.25, -0.2) is 4.79 Å². The van der Waals surface area contributed by atoms with Crippen LogP contribution in [0.15, 0.2) is 17.5 Å². The summed E-state index contributed by atoms with van der Waals surface area (Å²) in [7, 11) is 0. The van der Waals surface area contributed by atoms with Gasteiger partial charge in [-0.1, -0.05) is 6.07 Å². The molecule has 1 saturated carbocycles. The molecule has 0 unspecified atom stereocenters. The Bertz CT molecular complexity index is 273. The minimum atomic E-state index is -0.291. The number of thiophene rings is 1. The van der Waals surface area contributed by atoms with Gasteiger partial charge in [0.2, 0.25) is 0 Å². The molecule has 0 spiro atoms. The predicted molar refractivity (Wildman–Crippen MR) is 50.2 cm³/mol. The van der Waals surface area contributed by atoms with Crippen molar-refractivity contribution in [2.75, 3.05) is 0 Å². The maximum absolute atomic E-state index is 11.4. The molecule has 5 radical (unpaired) electrons. The zero-order chi connectivity index (χ0) is 9.10. The van der Waals surface area contributed by atoms with E-state index in [0.29, 0.717) is 11.0 Å². The lowest BCUT2D eigenvalue weighted by Gasteiger charge is -2.07. The van der Waals surface area contributed by atoms with Crippen LogP contribution >= 0.6 is 11.3 Å². The van der Waals surface area contributed by atoms with E-state index in [2.05, 4.69) is 0 Å². The average molecular weight is 191 g/mol. The van der Waals surface area contributed by atoms with Gasteiger partial charge in [0.15, 0.2) is 6.10 Å². The molecule has 3 heteroatoms. The molecule has 13 heavy (non-hydrogen) atoms. The minimum Gasteiger partial charge on any atom is -0.450 e. The molecule has 65 valence electrons. The third kappa shape index (κ3) is 2.10. The molecule has 1 aromatic rings. The molecule has 1 heterocycles. The molecule has 0 amide bonds. The van der Waals surface area contributed by atoms with Crippen LogP contribution in [0, 0.1) is 31.8 Å². The predicted octanol–water partition coefficient (Wildman–Crippen LogP) is 2.27. The first kappa shape index (κ1) is 8.75. The van der Waals surface area contributed by atoms with E-state index < -0.39 is 0 Å². The fraction of sp³-hybridized carbons (Fsp3) is 0. The summed E-state index contributed by atoms with van der Waals surface area (Å²) in [5.41, 5.74) is 0. The van der Waals surface area contributed by atoms with Crippen molar-refractivity contribution in [1.29, 1.82) is 0 Å². The number of rotatable bonds is 2. The van der Waals surface area contributed by atoms with Crippen LogP contribution in [-0.4, -0.2) is 5.97 Å². The summed E-state index contributed by atoms with van der Waals surface area (Å²) < 4.78 is 5.07. The van der Waals surface area contributed by atoms with Crippen LogP contribution in [0.5, 0.6) is 0 Å². The van der Waals surface area contributed by atoms with E-state index in [1.54, 1.807) is 18.9 Å². The van der Waals surface area contributed by atoms with Gasteiger partial charge in [-0.2, -0.15) is 0 Å². The first-order valence-electron chi connectivity index (χ1n) is 3.83. The minimum absolute atomic E-state index is 0.291. The molecule has 0 aliphatic heterocycles. The van der Waals surface area contributed by atoms with Crippen molar-refractivity contribution >= 4 is 17.3 Å². The largest absolute Gasteiger partial charge is 0.450 e. The highest BCUT2D eigenvalue weighted by atomic mass is 32.1. The van der Waals surface area contributed by atoms with Crippen molar-refractivity contribution < 1.29 is 9.53 Å². The summed E-state index contributed by atoms with van der Waals surface area (Å²) in [5.74, 6) is -0.291. The summed E-state index contributed by atoms with van der Waals surface area (Å²) in [6.07, 6.45) is 7.77. The maximum Gasteiger partial charge on any atom is 0.349 e. The van der Waals surface area contributed by atoms with Gasteiger partial charge in [0, 0.05) is 12.8 Å². The Morgan fingerprint density at radius 3 is 2.69 bits per heavy atom. The topological polar surface area (TPSA) is 26.3 Å². The Balaban J connectivity index is 1.91. The Kier molecular flexibility index (Phi) is 2.64. The van der Waals surface area contributed by atoms with Crippen LogP contribution < -0.4 is 0 Å². The first-order valence-corrected chi connectivity index (χ1v) is 4.71. The molecule has 2 rings (SSSR count). The number of ether oxygens (including phenoxy) is 1. The average Bonchev–Trinajstić information content (AvgIpc) is 2.74. The van der Waals surface area contributed by atoms with E-state index in [0.717, 1.165) is 0 Å². The van der Waals surface area contributed by atoms with Gasteiger partial charge in [0.05, 0.1) is 0 Å². The number of hydrogen-bond donors (Lipinski definition) is 0. The number of hydrogen-bond acceptors (Lipinski definition) is 3. The lowest BCUT2D eigenvalue weighted by Crippen LogP contribution is -2.07. The second kappa shape index (κ2) is 3.92. The smallest absolute Gasteiger partial charge is 0.349 e. The van der Waals surface area contributed by atoms with Gasteiger partial charge < -0.3 is 4.74 Å². The summed E-state index contributed by atoms with van der Waals surface area (Å²) in [6, 6.07) is 3.57. The molecule has 1 fully saturated rings. The van der Waals surface area contributed by atoms with E-state index >= 15 is 0 Å². The van der Waals surface area contributed by atoms with Crippen LogP contribution in [0.2, 0.25) is 0 Å². The second-order valence-corrected chi connectivity index (χ2v) is 3.44. The highest BCUT2D eigenvalue weighted by Gasteiger charge is 2.22. The molecular weight excluding hydrogens is 184 g/mol. The van der Waals surface area contributed by atoms with E-state index in [1.807, 2.05) is 24.3 Å². The van der Waals surface area contributed by atoms with Crippen LogP contribution in [-0.2, 0) is 4.74 Å². The normalized spacial score (nSPS) is 17.5. The highest BCUT2D eigenvalue weighted by Crippen LogP contribution is 2.25. The summed E-state index contributed by atoms with van der Waals surface area (Å²) >= 11 is 1.38. The van der Waals surface area contributed by atoms with Gasteiger partial charge in [0.1, 0.15) is 4.88 Å². The van der Waals surface area contributed by atoms with Crippen molar-refractivity contribution in [2.45, 2.75) is 0 Å². The molecule has 2 nitrogen and oxygen atoms in total. The van der Waals surface area contributed by atoms with Gasteiger partial charge in [-0.3, -0.25) is 0 Å². The molecule has 0 bridgehead atoms. The summed E-state index contributed by atoms with van der Waals surface area (Å²) in [5, 5.41) is 1.85. The van der Waals surface area contributed by atoms with Crippen molar-refractivity contribution in [3.05, 3.63) is 54.2 Å². The number of carbonyl (C=O) groups is 1. The van der Waals surface area contributed by atoms with Crippen molar-refractivity contribution in [2.24, 2.45) is 0 Å². The molecule has 0 saturated heterocycles. The molecule has 1 aliphatic carbocycles. The fourth-order valence-electron chi connectivity index (χ4n) is 0.976. The number of carbonyl (C=O) groups excluding carboxylic acids is 1. The number of esters is 1. The Hall–Kier alpha value is -0.830. The van der Waals surface area contributed by atoms with Gasteiger partial charge in [0.25, 0.3) is 0 Å². The van der Waals surface area contributed by atoms with E-state index in [4.69, 9.17) is 4.74 Å². The zero-order valence-corrected chi connectivity index (χ0v) is 7.58. The fourth-order valence-corrected chi connectivity index (χ4v) is 1.58. The third-order valence-electron chi connectivity index (χ3n) is 1.57. The molecular formula is C10H7O2S. The van der Waals surface area contributed by atoms with Crippen molar-refractivity contribution in [1.82, 2.24) is 0 Å². The molecule has 0 atom stereocenters. The maximum atomic E-state index is 11.4. The van der Waals surface area contributed by atoms with Gasteiger partial charge in [-0.05, 0) is 24.3 Å². The summed E-state index contributed by atoms with van der Waals surface area (Å²) in [6.45, 7) is 0. The van der Waals surface area contributed by atoms with Gasteiger partial charge in [-0.15, -0.1) is 11.3 Å². The Labute approximate surface area is 81.5 Å². The van der Waals surface area contributed by atoms with Crippen LogP contribution in [0.1, 0.15) is 9.67 Å². The highest BCUT2D eigenvalue weighted by molar-refractivity contribution is 7.11. The van der Waals surface area contributed by atoms with Crippen LogP contribution in [0.4, 0.5) is 0 Å². The van der Waals surface area contributed by atoms with Gasteiger partial charge >= 0.3 is 5.97 Å². The van der Waals surface area contributed by atoms with E-state index in [-0.39, 0.29) is 5.97 Å². The quantitative estimate of drug-likeness (QED) is 0.670. The van der Waals surface area contributed by atoms with Crippen molar-refractivity contribution in [3.63, 3.8) is 0 Å². The summed E-state index contributed by atoms with van der Waals surface area (Å²) in [4.78, 5) is 12.0. The lowest BCUT2D eigenvalue weighted by molar-refractivity contribution is 0.0578. The van der Waals surface area contributed by atoms with E-state index in [1.165, 1.54) is 11.3 Å². The molecule has 0 N–H and O–H groups in total. The SMILES string of the molecule is O=C(O[C]1[CH][CH][CH][CH]1)c1cccs1.